The van der Waals surface area contributed by atoms with Crippen LogP contribution in [0.1, 0.15) is 12.2 Å². The fourth-order valence-corrected chi connectivity index (χ4v) is 2.09. The van der Waals surface area contributed by atoms with E-state index in [2.05, 4.69) is 4.98 Å². The largest absolute Gasteiger partial charge is 0.515 e. The summed E-state index contributed by atoms with van der Waals surface area (Å²) < 4.78 is 1.62. The zero-order chi connectivity index (χ0) is 11.1. The molecule has 0 bridgehead atoms. The molecule has 1 N–H and O–H groups in total. The predicted octanol–water partition coefficient (Wildman–Crippen LogP) is 1.70. The first kappa shape index (κ1) is 9.15. The number of aliphatic hydroxyl groups is 1. The normalized spacial score (nSPS) is 16.9. The molecule has 0 unspecified atom stereocenters. The van der Waals surface area contributed by atoms with E-state index in [-0.39, 0.29) is 5.56 Å². The van der Waals surface area contributed by atoms with E-state index in [4.69, 9.17) is 5.11 Å². The lowest BCUT2D eigenvalue weighted by Gasteiger charge is -2.04. The second-order valence-electron chi connectivity index (χ2n) is 3.81. The summed E-state index contributed by atoms with van der Waals surface area (Å²) >= 11 is 0. The van der Waals surface area contributed by atoms with Gasteiger partial charge < -0.3 is 5.11 Å². The molecule has 0 amide bonds. The Bertz CT molecular complexity index is 656. The summed E-state index contributed by atoms with van der Waals surface area (Å²) in [5.41, 5.74) is 1.38. The Morgan fingerprint density at radius 1 is 1.38 bits per heavy atom. The number of benzene rings is 1. The maximum atomic E-state index is 12.1. The van der Waals surface area contributed by atoms with Gasteiger partial charge in [-0.2, -0.15) is 0 Å². The quantitative estimate of drug-likeness (QED) is 0.679. The van der Waals surface area contributed by atoms with Crippen LogP contribution in [-0.4, -0.2) is 14.7 Å². The Labute approximate surface area is 91.5 Å². The van der Waals surface area contributed by atoms with E-state index in [1.54, 1.807) is 10.6 Å². The van der Waals surface area contributed by atoms with Crippen LogP contribution in [0, 0.1) is 0 Å². The van der Waals surface area contributed by atoms with E-state index in [1.807, 2.05) is 18.2 Å². The molecule has 3 rings (SSSR count). The summed E-state index contributed by atoms with van der Waals surface area (Å²) in [6.07, 6.45) is 1.70. The molecule has 2 heterocycles. The van der Waals surface area contributed by atoms with Crippen molar-refractivity contribution in [3.05, 3.63) is 46.7 Å². The van der Waals surface area contributed by atoms with Crippen molar-refractivity contribution in [2.24, 2.45) is 0 Å². The summed E-state index contributed by atoms with van der Waals surface area (Å²) in [6, 6.07) is 7.27. The van der Waals surface area contributed by atoms with Gasteiger partial charge in [0.2, 0.25) is 0 Å². The minimum absolute atomic E-state index is 0.0301. The summed E-state index contributed by atoms with van der Waals surface area (Å²) in [5.74, 6) is 0.589. The minimum atomic E-state index is -0.0301. The van der Waals surface area contributed by atoms with Gasteiger partial charge in [-0.1, -0.05) is 12.1 Å². The Morgan fingerprint density at radius 3 is 3.00 bits per heavy atom. The number of hydrogen-bond acceptors (Lipinski definition) is 3. The van der Waals surface area contributed by atoms with Crippen LogP contribution in [0.3, 0.4) is 0 Å². The fourth-order valence-electron chi connectivity index (χ4n) is 2.09. The van der Waals surface area contributed by atoms with Crippen LogP contribution in [0.25, 0.3) is 16.5 Å². The maximum Gasteiger partial charge on any atom is 0.261 e. The first-order valence-corrected chi connectivity index (χ1v) is 5.14. The number of para-hydroxylation sites is 1. The highest BCUT2D eigenvalue weighted by atomic mass is 16.2. The molecule has 0 saturated carbocycles. The molecule has 0 fully saturated rings. The van der Waals surface area contributed by atoms with E-state index >= 15 is 0 Å². The smallest absolute Gasteiger partial charge is 0.261 e. The van der Waals surface area contributed by atoms with Crippen molar-refractivity contribution in [3.8, 4) is 0 Å². The SMILES string of the molecule is O=c1c2ccccc2nc2n1CCC2=CO. The first-order chi connectivity index (χ1) is 7.81. The summed E-state index contributed by atoms with van der Waals surface area (Å²) in [6.45, 7) is 0.596. The molecular weight excluding hydrogens is 204 g/mol. The van der Waals surface area contributed by atoms with Gasteiger partial charge in [0.25, 0.3) is 5.56 Å². The third-order valence-electron chi connectivity index (χ3n) is 2.91. The molecule has 4 heteroatoms. The molecule has 80 valence electrons. The summed E-state index contributed by atoms with van der Waals surface area (Å²) in [4.78, 5) is 16.5. The predicted molar refractivity (Wildman–Crippen MR) is 61.2 cm³/mol. The Kier molecular flexibility index (Phi) is 1.83. The highest BCUT2D eigenvalue weighted by Gasteiger charge is 2.20. The number of allylic oxidation sites excluding steroid dienone is 1. The molecule has 1 aromatic heterocycles. The van der Waals surface area contributed by atoms with E-state index in [9.17, 15) is 4.79 Å². The fraction of sp³-hybridized carbons (Fsp3) is 0.167. The van der Waals surface area contributed by atoms with E-state index < -0.39 is 0 Å². The van der Waals surface area contributed by atoms with Crippen LogP contribution in [0.15, 0.2) is 35.3 Å². The molecule has 4 nitrogen and oxygen atoms in total. The van der Waals surface area contributed by atoms with Crippen LogP contribution in [0.2, 0.25) is 0 Å². The third-order valence-corrected chi connectivity index (χ3v) is 2.91. The van der Waals surface area contributed by atoms with Gasteiger partial charge >= 0.3 is 0 Å². The average molecular weight is 214 g/mol. The number of rotatable bonds is 0. The second kappa shape index (κ2) is 3.20. The Morgan fingerprint density at radius 2 is 2.19 bits per heavy atom. The molecule has 1 aliphatic heterocycles. The van der Waals surface area contributed by atoms with Crippen LogP contribution in [-0.2, 0) is 6.54 Å². The van der Waals surface area contributed by atoms with Gasteiger partial charge in [0, 0.05) is 12.1 Å². The van der Waals surface area contributed by atoms with E-state index in [0.717, 1.165) is 11.8 Å². The average Bonchev–Trinajstić information content (AvgIpc) is 2.72. The monoisotopic (exact) mass is 214 g/mol. The molecular formula is C12H10N2O2. The standard InChI is InChI=1S/C12H10N2O2/c15-7-8-5-6-14-11(8)13-10-4-2-1-3-9(10)12(14)16/h1-4,7,15H,5-6H2. The lowest BCUT2D eigenvalue weighted by atomic mass is 10.2. The van der Waals surface area contributed by atoms with Gasteiger partial charge in [-0.15, -0.1) is 0 Å². The van der Waals surface area contributed by atoms with Crippen molar-refractivity contribution >= 4 is 16.5 Å². The number of aromatic nitrogens is 2. The second-order valence-corrected chi connectivity index (χ2v) is 3.81. The van der Waals surface area contributed by atoms with Crippen molar-refractivity contribution < 1.29 is 5.11 Å². The van der Waals surface area contributed by atoms with Crippen molar-refractivity contribution in [3.63, 3.8) is 0 Å². The topological polar surface area (TPSA) is 55.1 Å². The Hall–Kier alpha value is -2.10. The zero-order valence-corrected chi connectivity index (χ0v) is 8.55. The van der Waals surface area contributed by atoms with Crippen molar-refractivity contribution in [1.82, 2.24) is 9.55 Å². The number of fused-ring (bicyclic) bond motifs is 2. The van der Waals surface area contributed by atoms with Crippen LogP contribution in [0.4, 0.5) is 0 Å². The van der Waals surface area contributed by atoms with Gasteiger partial charge in [-0.05, 0) is 18.6 Å². The molecule has 0 spiro atoms. The lowest BCUT2D eigenvalue weighted by Crippen LogP contribution is -2.20. The molecule has 2 aromatic rings. The van der Waals surface area contributed by atoms with Gasteiger partial charge in [0.05, 0.1) is 17.2 Å². The van der Waals surface area contributed by atoms with Crippen molar-refractivity contribution in [1.29, 1.82) is 0 Å². The van der Waals surface area contributed by atoms with Gasteiger partial charge in [0.15, 0.2) is 0 Å². The molecule has 1 aromatic carbocycles. The molecule has 1 aliphatic rings. The van der Waals surface area contributed by atoms with Crippen LogP contribution < -0.4 is 5.56 Å². The molecule has 0 atom stereocenters. The summed E-state index contributed by atoms with van der Waals surface area (Å²) in [5, 5.41) is 9.69. The number of nitrogens with zero attached hydrogens (tertiary/aromatic N) is 2. The zero-order valence-electron chi connectivity index (χ0n) is 8.55. The number of hydrogen-bond donors (Lipinski definition) is 1. The molecule has 0 radical (unpaired) electrons. The van der Waals surface area contributed by atoms with Crippen molar-refractivity contribution in [2.75, 3.05) is 0 Å². The number of aliphatic hydroxyl groups excluding tert-OH is 1. The van der Waals surface area contributed by atoms with Crippen LogP contribution >= 0.6 is 0 Å². The van der Waals surface area contributed by atoms with E-state index in [1.165, 1.54) is 0 Å². The third kappa shape index (κ3) is 1.10. The highest BCUT2D eigenvalue weighted by molar-refractivity contribution is 5.79. The summed E-state index contributed by atoms with van der Waals surface area (Å²) in [7, 11) is 0. The highest BCUT2D eigenvalue weighted by Crippen LogP contribution is 2.24. The van der Waals surface area contributed by atoms with E-state index in [0.29, 0.717) is 29.7 Å². The molecule has 0 saturated heterocycles. The van der Waals surface area contributed by atoms with Crippen molar-refractivity contribution in [2.45, 2.75) is 13.0 Å². The maximum absolute atomic E-state index is 12.1. The lowest BCUT2D eigenvalue weighted by molar-refractivity contribution is 0.474. The first-order valence-electron chi connectivity index (χ1n) is 5.14. The van der Waals surface area contributed by atoms with Crippen LogP contribution in [0.5, 0.6) is 0 Å². The molecule has 16 heavy (non-hydrogen) atoms. The molecule has 0 aliphatic carbocycles. The van der Waals surface area contributed by atoms with Gasteiger partial charge in [0.1, 0.15) is 5.82 Å². The van der Waals surface area contributed by atoms with Gasteiger partial charge in [-0.3, -0.25) is 9.36 Å². The minimum Gasteiger partial charge on any atom is -0.515 e. The Balaban J connectivity index is 2.46. The van der Waals surface area contributed by atoms with Gasteiger partial charge in [-0.25, -0.2) is 4.98 Å².